The van der Waals surface area contributed by atoms with Gasteiger partial charge in [-0.2, -0.15) is 0 Å². The molecule has 0 unspecified atom stereocenters. The SMILES string of the molecule is C=C(/C=C(\N)c1cc(/C=C/c2ccccc2)ccn1)/C=C/c1ccccc1. The van der Waals surface area contributed by atoms with Crippen LogP contribution in [0.5, 0.6) is 0 Å². The van der Waals surface area contributed by atoms with Crippen molar-refractivity contribution in [1.82, 2.24) is 4.98 Å². The van der Waals surface area contributed by atoms with E-state index in [-0.39, 0.29) is 0 Å². The molecule has 2 nitrogen and oxygen atoms in total. The summed E-state index contributed by atoms with van der Waals surface area (Å²) in [6.07, 6.45) is 11.7. The number of allylic oxidation sites excluding steroid dienone is 3. The Morgan fingerprint density at radius 3 is 2.04 bits per heavy atom. The van der Waals surface area contributed by atoms with Gasteiger partial charge in [-0.25, -0.2) is 0 Å². The van der Waals surface area contributed by atoms with E-state index in [1.165, 1.54) is 0 Å². The summed E-state index contributed by atoms with van der Waals surface area (Å²) in [5, 5.41) is 0. The number of benzene rings is 2. The molecular weight excluding hydrogens is 328 g/mol. The second kappa shape index (κ2) is 9.16. The fourth-order valence-electron chi connectivity index (χ4n) is 2.55. The van der Waals surface area contributed by atoms with Gasteiger partial charge in [0, 0.05) is 6.20 Å². The van der Waals surface area contributed by atoms with E-state index in [2.05, 4.69) is 35.8 Å². The molecule has 0 radical (unpaired) electrons. The van der Waals surface area contributed by atoms with Crippen LogP contribution in [0.25, 0.3) is 23.9 Å². The Labute approximate surface area is 160 Å². The molecule has 0 saturated heterocycles. The summed E-state index contributed by atoms with van der Waals surface area (Å²) in [5.74, 6) is 0. The van der Waals surface area contributed by atoms with E-state index in [4.69, 9.17) is 5.73 Å². The predicted octanol–water partition coefficient (Wildman–Crippen LogP) is 5.82. The van der Waals surface area contributed by atoms with Crippen LogP contribution < -0.4 is 5.73 Å². The van der Waals surface area contributed by atoms with E-state index in [9.17, 15) is 0 Å². The van der Waals surface area contributed by atoms with Crippen LogP contribution in [0.2, 0.25) is 0 Å². The number of hydrogen-bond donors (Lipinski definition) is 1. The van der Waals surface area contributed by atoms with Crippen molar-refractivity contribution in [3.63, 3.8) is 0 Å². The highest BCUT2D eigenvalue weighted by Crippen LogP contribution is 2.14. The average molecular weight is 350 g/mol. The molecule has 0 spiro atoms. The number of pyridine rings is 1. The highest BCUT2D eigenvalue weighted by Gasteiger charge is 1.99. The van der Waals surface area contributed by atoms with E-state index < -0.39 is 0 Å². The van der Waals surface area contributed by atoms with Crippen molar-refractivity contribution in [2.24, 2.45) is 5.73 Å². The molecule has 2 aromatic carbocycles. The molecule has 0 aliphatic heterocycles. The first-order valence-corrected chi connectivity index (χ1v) is 8.79. The van der Waals surface area contributed by atoms with Crippen LogP contribution in [-0.2, 0) is 0 Å². The Balaban J connectivity index is 1.71. The zero-order valence-electron chi connectivity index (χ0n) is 15.1. The van der Waals surface area contributed by atoms with Crippen LogP contribution in [0.3, 0.4) is 0 Å². The largest absolute Gasteiger partial charge is 0.397 e. The van der Waals surface area contributed by atoms with Gasteiger partial charge in [0.1, 0.15) is 0 Å². The molecule has 2 N–H and O–H groups in total. The molecule has 0 saturated carbocycles. The zero-order valence-corrected chi connectivity index (χ0v) is 15.1. The molecule has 3 aromatic rings. The van der Waals surface area contributed by atoms with Crippen molar-refractivity contribution in [3.05, 3.63) is 126 Å². The number of hydrogen-bond acceptors (Lipinski definition) is 2. The van der Waals surface area contributed by atoms with Gasteiger partial charge < -0.3 is 5.73 Å². The van der Waals surface area contributed by atoms with Gasteiger partial charge in [-0.1, -0.05) is 91.5 Å². The average Bonchev–Trinajstić information content (AvgIpc) is 2.72. The molecular formula is C25H22N2. The van der Waals surface area contributed by atoms with Crippen molar-refractivity contribution in [3.8, 4) is 0 Å². The summed E-state index contributed by atoms with van der Waals surface area (Å²) >= 11 is 0. The topological polar surface area (TPSA) is 38.9 Å². The Morgan fingerprint density at radius 2 is 1.37 bits per heavy atom. The van der Waals surface area contributed by atoms with E-state index in [1.807, 2.05) is 78.9 Å². The van der Waals surface area contributed by atoms with Crippen molar-refractivity contribution < 1.29 is 0 Å². The maximum absolute atomic E-state index is 6.22. The lowest BCUT2D eigenvalue weighted by Crippen LogP contribution is -1.99. The molecule has 0 amide bonds. The second-order valence-corrected chi connectivity index (χ2v) is 6.14. The van der Waals surface area contributed by atoms with E-state index in [0.29, 0.717) is 5.70 Å². The number of rotatable bonds is 6. The number of aromatic nitrogens is 1. The van der Waals surface area contributed by atoms with E-state index in [1.54, 1.807) is 6.20 Å². The Bertz CT molecular complexity index is 981. The number of nitrogens with two attached hydrogens (primary N) is 1. The maximum Gasteiger partial charge on any atom is 0.0865 e. The Kier molecular flexibility index (Phi) is 6.16. The highest BCUT2D eigenvalue weighted by atomic mass is 14.7. The van der Waals surface area contributed by atoms with Crippen LogP contribution in [0.1, 0.15) is 22.4 Å². The van der Waals surface area contributed by atoms with Crippen LogP contribution >= 0.6 is 0 Å². The summed E-state index contributed by atoms with van der Waals surface area (Å²) in [6.45, 7) is 4.05. The van der Waals surface area contributed by atoms with Gasteiger partial charge in [-0.15, -0.1) is 0 Å². The smallest absolute Gasteiger partial charge is 0.0865 e. The van der Waals surface area contributed by atoms with Gasteiger partial charge in [-0.05, 0) is 40.5 Å². The first-order valence-electron chi connectivity index (χ1n) is 8.79. The van der Waals surface area contributed by atoms with Gasteiger partial charge in [0.2, 0.25) is 0 Å². The summed E-state index contributed by atoms with van der Waals surface area (Å²) in [4.78, 5) is 4.37. The van der Waals surface area contributed by atoms with E-state index in [0.717, 1.165) is 28.0 Å². The molecule has 0 aliphatic rings. The fraction of sp³-hybridized carbons (Fsp3) is 0. The molecule has 0 aliphatic carbocycles. The van der Waals surface area contributed by atoms with Gasteiger partial charge in [0.25, 0.3) is 0 Å². The minimum absolute atomic E-state index is 0.590. The molecule has 27 heavy (non-hydrogen) atoms. The third kappa shape index (κ3) is 5.68. The Hall–Kier alpha value is -3.65. The normalized spacial score (nSPS) is 11.9. The van der Waals surface area contributed by atoms with E-state index >= 15 is 0 Å². The summed E-state index contributed by atoms with van der Waals surface area (Å²) in [6, 6.07) is 24.2. The lowest BCUT2D eigenvalue weighted by Gasteiger charge is -2.03. The second-order valence-electron chi connectivity index (χ2n) is 6.14. The van der Waals surface area contributed by atoms with Crippen LogP contribution in [0, 0.1) is 0 Å². The van der Waals surface area contributed by atoms with Crippen LogP contribution in [0.4, 0.5) is 0 Å². The van der Waals surface area contributed by atoms with Gasteiger partial charge >= 0.3 is 0 Å². The minimum Gasteiger partial charge on any atom is -0.397 e. The third-order valence-corrected chi connectivity index (χ3v) is 3.98. The molecule has 0 fully saturated rings. The standard InChI is InChI=1S/C25H22N2/c1-20(12-13-21-8-4-2-5-9-21)18-24(26)25-19-23(16-17-27-25)15-14-22-10-6-3-7-11-22/h2-19H,1,26H2/b13-12+,15-14+,24-18-. The molecule has 1 aromatic heterocycles. The fourth-order valence-corrected chi connectivity index (χ4v) is 2.55. The Morgan fingerprint density at radius 1 is 0.778 bits per heavy atom. The summed E-state index contributed by atoms with van der Waals surface area (Å²) in [5.41, 5.74) is 11.7. The van der Waals surface area contributed by atoms with Gasteiger partial charge in [0.15, 0.2) is 0 Å². The van der Waals surface area contributed by atoms with Crippen LogP contribution in [0.15, 0.2) is 103 Å². The molecule has 0 bridgehead atoms. The summed E-state index contributed by atoms with van der Waals surface area (Å²) < 4.78 is 0. The predicted molar refractivity (Wildman–Crippen MR) is 116 cm³/mol. The lowest BCUT2D eigenvalue weighted by molar-refractivity contribution is 1.25. The molecule has 0 atom stereocenters. The zero-order chi connectivity index (χ0) is 18.9. The molecule has 1 heterocycles. The summed E-state index contributed by atoms with van der Waals surface area (Å²) in [7, 11) is 0. The maximum atomic E-state index is 6.22. The van der Waals surface area contributed by atoms with Crippen molar-refractivity contribution in [2.75, 3.05) is 0 Å². The van der Waals surface area contributed by atoms with Crippen molar-refractivity contribution >= 4 is 23.9 Å². The lowest BCUT2D eigenvalue weighted by atomic mass is 10.1. The molecule has 3 rings (SSSR count). The monoisotopic (exact) mass is 350 g/mol. The van der Waals surface area contributed by atoms with Gasteiger partial charge in [0.05, 0.1) is 11.4 Å². The highest BCUT2D eigenvalue weighted by molar-refractivity contribution is 5.72. The van der Waals surface area contributed by atoms with Crippen molar-refractivity contribution in [2.45, 2.75) is 0 Å². The quantitative estimate of drug-likeness (QED) is 0.569. The minimum atomic E-state index is 0.590. The molecule has 2 heteroatoms. The molecule has 132 valence electrons. The first-order chi connectivity index (χ1) is 13.2. The number of nitrogens with zero attached hydrogens (tertiary/aromatic N) is 1. The van der Waals surface area contributed by atoms with Crippen molar-refractivity contribution in [1.29, 1.82) is 0 Å². The van der Waals surface area contributed by atoms with Crippen LogP contribution in [-0.4, -0.2) is 4.98 Å². The van der Waals surface area contributed by atoms with Gasteiger partial charge in [-0.3, -0.25) is 4.98 Å². The first kappa shape index (κ1) is 18.2. The third-order valence-electron chi connectivity index (χ3n) is 3.98.